The van der Waals surface area contributed by atoms with Gasteiger partial charge in [-0.25, -0.2) is 0 Å². The molecule has 3 rings (SSSR count). The predicted molar refractivity (Wildman–Crippen MR) is 93.3 cm³/mol. The molecule has 5 nitrogen and oxygen atoms in total. The third-order valence-corrected chi connectivity index (χ3v) is 5.98. The summed E-state index contributed by atoms with van der Waals surface area (Å²) in [6, 6.07) is 5.87. The number of benzene rings is 1. The van der Waals surface area contributed by atoms with Gasteiger partial charge in [0.25, 0.3) is 0 Å². The van der Waals surface area contributed by atoms with Gasteiger partial charge in [0.15, 0.2) is 0 Å². The lowest BCUT2D eigenvalue weighted by Crippen LogP contribution is -2.44. The van der Waals surface area contributed by atoms with E-state index in [1.165, 1.54) is 0 Å². The summed E-state index contributed by atoms with van der Waals surface area (Å²) >= 11 is 5.25. The number of thioether (sulfide) groups is 1. The SMILES string of the molecule is COc1ccc(Br)cc1C1SCCN1C(=O)C1CCC(=O)NC1. The van der Waals surface area contributed by atoms with E-state index in [0.29, 0.717) is 19.4 Å². The number of hydrogen-bond acceptors (Lipinski definition) is 4. The van der Waals surface area contributed by atoms with Gasteiger partial charge in [0.1, 0.15) is 11.1 Å². The lowest BCUT2D eigenvalue weighted by Gasteiger charge is -2.30. The first-order valence-corrected chi connectivity index (χ1v) is 9.46. The van der Waals surface area contributed by atoms with Gasteiger partial charge in [-0.2, -0.15) is 0 Å². The van der Waals surface area contributed by atoms with Crippen molar-refractivity contribution in [3.05, 3.63) is 28.2 Å². The summed E-state index contributed by atoms with van der Waals surface area (Å²) in [6.07, 6.45) is 1.07. The second kappa shape index (κ2) is 7.13. The van der Waals surface area contributed by atoms with E-state index in [1.807, 2.05) is 23.1 Å². The number of nitrogens with zero attached hydrogens (tertiary/aromatic N) is 1. The highest BCUT2D eigenvalue weighted by molar-refractivity contribution is 9.10. The van der Waals surface area contributed by atoms with Crippen molar-refractivity contribution in [3.8, 4) is 5.75 Å². The molecule has 0 saturated carbocycles. The number of carbonyl (C=O) groups excluding carboxylic acids is 2. The Kier molecular flexibility index (Phi) is 5.16. The molecule has 2 amide bonds. The summed E-state index contributed by atoms with van der Waals surface area (Å²) in [5.41, 5.74) is 1.01. The highest BCUT2D eigenvalue weighted by atomic mass is 79.9. The van der Waals surface area contributed by atoms with E-state index in [4.69, 9.17) is 4.74 Å². The maximum atomic E-state index is 12.9. The van der Waals surface area contributed by atoms with Crippen LogP contribution in [0.5, 0.6) is 5.75 Å². The number of piperidine rings is 1. The summed E-state index contributed by atoms with van der Waals surface area (Å²) in [7, 11) is 1.65. The Bertz CT molecular complexity index is 615. The Morgan fingerprint density at radius 3 is 3.00 bits per heavy atom. The quantitative estimate of drug-likeness (QED) is 0.849. The largest absolute Gasteiger partial charge is 0.496 e. The third-order valence-electron chi connectivity index (χ3n) is 4.25. The molecular formula is C16H19BrN2O3S. The zero-order valence-corrected chi connectivity index (χ0v) is 15.3. The third kappa shape index (κ3) is 3.50. The zero-order valence-electron chi connectivity index (χ0n) is 12.9. The number of rotatable bonds is 3. The Morgan fingerprint density at radius 2 is 2.30 bits per heavy atom. The van der Waals surface area contributed by atoms with Gasteiger partial charge < -0.3 is 15.0 Å². The van der Waals surface area contributed by atoms with Crippen LogP contribution >= 0.6 is 27.7 Å². The summed E-state index contributed by atoms with van der Waals surface area (Å²) < 4.78 is 6.44. The standard InChI is InChI=1S/C16H19BrN2O3S/c1-22-13-4-3-11(17)8-12(13)16-19(6-7-23-16)15(21)10-2-5-14(20)18-9-10/h3-4,8,10,16H,2,5-7,9H2,1H3,(H,18,20). The van der Waals surface area contributed by atoms with Crippen LogP contribution < -0.4 is 10.1 Å². The van der Waals surface area contributed by atoms with Gasteiger partial charge >= 0.3 is 0 Å². The number of halogens is 1. The second-order valence-corrected chi connectivity index (χ2v) is 7.78. The normalized spacial score (nSPS) is 24.4. The van der Waals surface area contributed by atoms with Crippen LogP contribution in [0.15, 0.2) is 22.7 Å². The maximum absolute atomic E-state index is 12.9. The molecular weight excluding hydrogens is 380 g/mol. The van der Waals surface area contributed by atoms with Gasteiger partial charge in [0, 0.05) is 35.3 Å². The van der Waals surface area contributed by atoms with Crippen LogP contribution in [0.2, 0.25) is 0 Å². The molecule has 0 aromatic heterocycles. The molecule has 2 aliphatic rings. The molecule has 0 bridgehead atoms. The lowest BCUT2D eigenvalue weighted by molar-refractivity contribution is -0.137. The van der Waals surface area contributed by atoms with Crippen LogP contribution in [0.1, 0.15) is 23.8 Å². The molecule has 2 heterocycles. The summed E-state index contributed by atoms with van der Waals surface area (Å²) in [4.78, 5) is 26.1. The molecule has 0 aliphatic carbocycles. The average Bonchev–Trinajstić information content (AvgIpc) is 3.04. The molecule has 2 aliphatic heterocycles. The monoisotopic (exact) mass is 398 g/mol. The van der Waals surface area contributed by atoms with Crippen LogP contribution in [0.3, 0.4) is 0 Å². The number of hydrogen-bond donors (Lipinski definition) is 1. The Labute approximate surface area is 148 Å². The van der Waals surface area contributed by atoms with Gasteiger partial charge in [0.2, 0.25) is 11.8 Å². The van der Waals surface area contributed by atoms with E-state index in [2.05, 4.69) is 21.2 Å². The van der Waals surface area contributed by atoms with Crippen molar-refractivity contribution in [1.82, 2.24) is 10.2 Å². The molecule has 7 heteroatoms. The van der Waals surface area contributed by atoms with Gasteiger partial charge in [-0.05, 0) is 24.6 Å². The van der Waals surface area contributed by atoms with Crippen molar-refractivity contribution >= 4 is 39.5 Å². The van der Waals surface area contributed by atoms with Crippen molar-refractivity contribution in [2.24, 2.45) is 5.92 Å². The van der Waals surface area contributed by atoms with Crippen LogP contribution in [0, 0.1) is 5.92 Å². The number of methoxy groups -OCH3 is 1. The summed E-state index contributed by atoms with van der Waals surface area (Å²) in [5.74, 6) is 1.75. The first-order valence-electron chi connectivity index (χ1n) is 7.62. The van der Waals surface area contributed by atoms with Gasteiger partial charge in [-0.15, -0.1) is 11.8 Å². The number of carbonyl (C=O) groups is 2. The van der Waals surface area contributed by atoms with E-state index in [0.717, 1.165) is 28.1 Å². The number of ether oxygens (including phenoxy) is 1. The number of nitrogens with one attached hydrogen (secondary N) is 1. The smallest absolute Gasteiger partial charge is 0.228 e. The topological polar surface area (TPSA) is 58.6 Å². The number of amides is 2. The van der Waals surface area contributed by atoms with Gasteiger partial charge in [-0.3, -0.25) is 9.59 Å². The minimum atomic E-state index is -0.118. The molecule has 1 aromatic rings. The van der Waals surface area contributed by atoms with Crippen molar-refractivity contribution in [3.63, 3.8) is 0 Å². The van der Waals surface area contributed by atoms with Crippen molar-refractivity contribution in [2.45, 2.75) is 18.2 Å². The Hall–Kier alpha value is -1.21. The molecule has 2 fully saturated rings. The fourth-order valence-electron chi connectivity index (χ4n) is 3.03. The molecule has 2 atom stereocenters. The summed E-state index contributed by atoms with van der Waals surface area (Å²) in [5, 5.41) is 2.76. The van der Waals surface area contributed by atoms with Crippen LogP contribution in [0.4, 0.5) is 0 Å². The molecule has 0 spiro atoms. The van der Waals surface area contributed by atoms with E-state index in [-0.39, 0.29) is 23.1 Å². The summed E-state index contributed by atoms with van der Waals surface area (Å²) in [6.45, 7) is 1.18. The van der Waals surface area contributed by atoms with Crippen molar-refractivity contribution in [1.29, 1.82) is 0 Å². The highest BCUT2D eigenvalue weighted by Crippen LogP contribution is 2.43. The molecule has 2 unspecified atom stereocenters. The first kappa shape index (κ1) is 16.6. The van der Waals surface area contributed by atoms with Crippen LogP contribution in [-0.4, -0.2) is 42.7 Å². The van der Waals surface area contributed by atoms with E-state index in [9.17, 15) is 9.59 Å². The van der Waals surface area contributed by atoms with E-state index >= 15 is 0 Å². The van der Waals surface area contributed by atoms with Crippen LogP contribution in [0.25, 0.3) is 0 Å². The first-order chi connectivity index (χ1) is 11.1. The Balaban J connectivity index is 1.81. The molecule has 23 heavy (non-hydrogen) atoms. The fourth-order valence-corrected chi connectivity index (χ4v) is 4.69. The molecule has 124 valence electrons. The van der Waals surface area contributed by atoms with E-state index < -0.39 is 0 Å². The lowest BCUT2D eigenvalue weighted by atomic mass is 9.97. The maximum Gasteiger partial charge on any atom is 0.228 e. The molecule has 1 N–H and O–H groups in total. The minimum Gasteiger partial charge on any atom is -0.496 e. The second-order valence-electron chi connectivity index (χ2n) is 5.68. The Morgan fingerprint density at radius 1 is 1.48 bits per heavy atom. The van der Waals surface area contributed by atoms with Crippen LogP contribution in [-0.2, 0) is 9.59 Å². The fraction of sp³-hybridized carbons (Fsp3) is 0.500. The zero-order chi connectivity index (χ0) is 16.4. The molecule has 2 saturated heterocycles. The van der Waals surface area contributed by atoms with E-state index in [1.54, 1.807) is 18.9 Å². The molecule has 0 radical (unpaired) electrons. The average molecular weight is 399 g/mol. The molecule has 1 aromatic carbocycles. The van der Waals surface area contributed by atoms with Gasteiger partial charge in [0.05, 0.1) is 13.0 Å². The highest BCUT2D eigenvalue weighted by Gasteiger charge is 2.37. The predicted octanol–water partition coefficient (Wildman–Crippen LogP) is 2.56. The van der Waals surface area contributed by atoms with Crippen molar-refractivity contribution < 1.29 is 14.3 Å². The van der Waals surface area contributed by atoms with Crippen molar-refractivity contribution in [2.75, 3.05) is 26.0 Å². The van der Waals surface area contributed by atoms with Gasteiger partial charge in [-0.1, -0.05) is 15.9 Å². The minimum absolute atomic E-state index is 0.0346.